The van der Waals surface area contributed by atoms with Crippen molar-refractivity contribution in [2.45, 2.75) is 19.3 Å². The third-order valence-electron chi connectivity index (χ3n) is 4.15. The summed E-state index contributed by atoms with van der Waals surface area (Å²) >= 11 is 0. The summed E-state index contributed by atoms with van der Waals surface area (Å²) in [5, 5.41) is 10.6. The molecule has 0 atom stereocenters. The molecule has 2 N–H and O–H groups in total. The normalized spacial score (nSPS) is 11.5. The number of halogens is 4. The average molecular weight is 545 g/mol. The van der Waals surface area contributed by atoms with Crippen LogP contribution in [0.1, 0.15) is 11.1 Å². The smallest absolute Gasteiger partial charge is 0.422 e. The lowest BCUT2D eigenvalue weighted by atomic mass is 10.2. The zero-order valence-electron chi connectivity index (χ0n) is 16.8. The highest BCUT2D eigenvalue weighted by Gasteiger charge is 2.28. The summed E-state index contributed by atoms with van der Waals surface area (Å²) in [6.45, 7) is -0.270. The molecule has 2 aromatic carbocycles. The monoisotopic (exact) mass is 545 g/mol. The molecule has 166 valence electrons. The van der Waals surface area contributed by atoms with Gasteiger partial charge in [-0.05, 0) is 41.5 Å². The fourth-order valence-electron chi connectivity index (χ4n) is 2.69. The topological polar surface area (TPSA) is 63.5 Å². The minimum atomic E-state index is -4.35. The number of nitrogens with zero attached hydrogens (tertiary/aromatic N) is 3. The van der Waals surface area contributed by atoms with Gasteiger partial charge in [-0.3, -0.25) is 4.99 Å². The SMILES string of the molecule is CN=C(NCc1ccc(OCC(F)(F)F)cc1)NCc1cccc(-n2cccn2)c1.I. The predicted octanol–water partition coefficient (Wildman–Crippen LogP) is 4.30. The van der Waals surface area contributed by atoms with E-state index in [2.05, 4.69) is 20.7 Å². The second-order valence-electron chi connectivity index (χ2n) is 6.45. The van der Waals surface area contributed by atoms with Crippen LogP contribution >= 0.6 is 24.0 Å². The highest BCUT2D eigenvalue weighted by Crippen LogP contribution is 2.18. The molecule has 3 aromatic rings. The van der Waals surface area contributed by atoms with Crippen LogP contribution in [0.4, 0.5) is 13.2 Å². The van der Waals surface area contributed by atoms with Crippen molar-refractivity contribution in [2.75, 3.05) is 13.7 Å². The molecule has 0 fully saturated rings. The average Bonchev–Trinajstić information content (AvgIpc) is 3.28. The molecule has 0 aliphatic rings. The molecule has 3 rings (SSSR count). The fourth-order valence-corrected chi connectivity index (χ4v) is 2.69. The van der Waals surface area contributed by atoms with Crippen LogP contribution in [0, 0.1) is 0 Å². The molecule has 0 saturated carbocycles. The molecule has 0 radical (unpaired) electrons. The molecular formula is C21H23F3IN5O. The van der Waals surface area contributed by atoms with Crippen LogP contribution in [0.3, 0.4) is 0 Å². The van der Waals surface area contributed by atoms with E-state index < -0.39 is 12.8 Å². The van der Waals surface area contributed by atoms with Gasteiger partial charge in [0.1, 0.15) is 5.75 Å². The van der Waals surface area contributed by atoms with Gasteiger partial charge >= 0.3 is 6.18 Å². The molecule has 6 nitrogen and oxygen atoms in total. The summed E-state index contributed by atoms with van der Waals surface area (Å²) in [4.78, 5) is 4.19. The first-order valence-electron chi connectivity index (χ1n) is 9.25. The summed E-state index contributed by atoms with van der Waals surface area (Å²) in [5.41, 5.74) is 2.92. The van der Waals surface area contributed by atoms with Gasteiger partial charge in [-0.15, -0.1) is 24.0 Å². The Kier molecular flexibility index (Phi) is 9.16. The maximum Gasteiger partial charge on any atom is 0.422 e. The lowest BCUT2D eigenvalue weighted by molar-refractivity contribution is -0.153. The van der Waals surface area contributed by atoms with Gasteiger partial charge in [0, 0.05) is 32.5 Å². The summed E-state index contributed by atoms with van der Waals surface area (Å²) in [5.74, 6) is 0.785. The first-order chi connectivity index (χ1) is 14.4. The second kappa shape index (κ2) is 11.6. The molecule has 0 amide bonds. The molecule has 0 aliphatic heterocycles. The quantitative estimate of drug-likeness (QED) is 0.264. The molecular weight excluding hydrogens is 522 g/mol. The molecule has 31 heavy (non-hydrogen) atoms. The minimum absolute atomic E-state index is 0. The van der Waals surface area contributed by atoms with Gasteiger partial charge in [0.15, 0.2) is 12.6 Å². The number of hydrogen-bond acceptors (Lipinski definition) is 3. The van der Waals surface area contributed by atoms with Crippen molar-refractivity contribution < 1.29 is 17.9 Å². The van der Waals surface area contributed by atoms with Crippen molar-refractivity contribution >= 4 is 29.9 Å². The van der Waals surface area contributed by atoms with E-state index >= 15 is 0 Å². The third kappa shape index (κ3) is 8.12. The van der Waals surface area contributed by atoms with E-state index in [0.717, 1.165) is 16.8 Å². The van der Waals surface area contributed by atoms with Gasteiger partial charge < -0.3 is 15.4 Å². The number of nitrogens with one attached hydrogen (secondary N) is 2. The van der Waals surface area contributed by atoms with Gasteiger partial charge in [-0.2, -0.15) is 18.3 Å². The number of alkyl halides is 3. The Labute approximate surface area is 195 Å². The lowest BCUT2D eigenvalue weighted by Gasteiger charge is -2.13. The maximum absolute atomic E-state index is 12.2. The van der Waals surface area contributed by atoms with Gasteiger partial charge in [-0.25, -0.2) is 4.68 Å². The maximum atomic E-state index is 12.2. The highest BCUT2D eigenvalue weighted by atomic mass is 127. The Morgan fingerprint density at radius 3 is 2.35 bits per heavy atom. The van der Waals surface area contributed by atoms with E-state index in [1.165, 1.54) is 12.1 Å². The van der Waals surface area contributed by atoms with Crippen LogP contribution in [0.15, 0.2) is 72.0 Å². The van der Waals surface area contributed by atoms with Crippen LogP contribution in [-0.2, 0) is 13.1 Å². The van der Waals surface area contributed by atoms with Gasteiger partial charge in [0.2, 0.25) is 0 Å². The molecule has 1 heterocycles. The molecule has 0 bridgehead atoms. The van der Waals surface area contributed by atoms with Crippen LogP contribution < -0.4 is 15.4 Å². The van der Waals surface area contributed by atoms with E-state index in [9.17, 15) is 13.2 Å². The zero-order valence-corrected chi connectivity index (χ0v) is 19.1. The summed E-state index contributed by atoms with van der Waals surface area (Å²) in [7, 11) is 1.67. The summed E-state index contributed by atoms with van der Waals surface area (Å²) in [6.07, 6.45) is -0.742. The van der Waals surface area contributed by atoms with Crippen molar-refractivity contribution in [3.05, 3.63) is 78.1 Å². The van der Waals surface area contributed by atoms with Gasteiger partial charge in [-0.1, -0.05) is 24.3 Å². The summed E-state index contributed by atoms with van der Waals surface area (Å²) in [6, 6.07) is 16.3. The van der Waals surface area contributed by atoms with Crippen LogP contribution in [0.25, 0.3) is 5.69 Å². The number of aromatic nitrogens is 2. The number of ether oxygens (including phenoxy) is 1. The van der Waals surface area contributed by atoms with Crippen LogP contribution in [0.2, 0.25) is 0 Å². The Balaban J connectivity index is 0.00000341. The standard InChI is InChI=1S/C21H22F3N5O.HI/c1-25-20(26-13-16-6-8-19(9-7-16)30-15-21(22,23)24)27-14-17-4-2-5-18(12-17)29-11-3-10-28-29;/h2-12H,13-15H2,1H3,(H2,25,26,27);1H. The first kappa shape index (κ1) is 24.5. The number of guanidine groups is 1. The van der Waals surface area contributed by atoms with Crippen molar-refractivity contribution in [2.24, 2.45) is 4.99 Å². The predicted molar refractivity (Wildman–Crippen MR) is 124 cm³/mol. The second-order valence-corrected chi connectivity index (χ2v) is 6.45. The largest absolute Gasteiger partial charge is 0.484 e. The van der Waals surface area contributed by atoms with E-state index in [-0.39, 0.29) is 29.7 Å². The number of benzene rings is 2. The third-order valence-corrected chi connectivity index (χ3v) is 4.15. The molecule has 0 aliphatic carbocycles. The van der Waals surface area contributed by atoms with Crippen molar-refractivity contribution in [3.8, 4) is 11.4 Å². The van der Waals surface area contributed by atoms with E-state index in [4.69, 9.17) is 4.74 Å². The Morgan fingerprint density at radius 1 is 1.03 bits per heavy atom. The molecule has 0 saturated heterocycles. The number of aliphatic imine (C=N–C) groups is 1. The van der Waals surface area contributed by atoms with Crippen LogP contribution in [-0.4, -0.2) is 35.6 Å². The van der Waals surface area contributed by atoms with E-state index in [0.29, 0.717) is 19.0 Å². The number of hydrogen-bond donors (Lipinski definition) is 2. The van der Waals surface area contributed by atoms with E-state index in [1.807, 2.05) is 36.5 Å². The Bertz CT molecular complexity index is 960. The summed E-state index contributed by atoms with van der Waals surface area (Å²) < 4.78 is 43.1. The lowest BCUT2D eigenvalue weighted by Crippen LogP contribution is -2.36. The van der Waals surface area contributed by atoms with Crippen LogP contribution in [0.5, 0.6) is 5.75 Å². The fraction of sp³-hybridized carbons (Fsp3) is 0.238. The van der Waals surface area contributed by atoms with Crippen molar-refractivity contribution in [1.29, 1.82) is 0 Å². The minimum Gasteiger partial charge on any atom is -0.484 e. The highest BCUT2D eigenvalue weighted by molar-refractivity contribution is 14.0. The Hall–Kier alpha value is -2.76. The molecule has 0 spiro atoms. The molecule has 1 aromatic heterocycles. The van der Waals surface area contributed by atoms with Crippen molar-refractivity contribution in [3.63, 3.8) is 0 Å². The molecule has 10 heteroatoms. The van der Waals surface area contributed by atoms with E-state index in [1.54, 1.807) is 30.1 Å². The number of rotatable bonds is 7. The van der Waals surface area contributed by atoms with Gasteiger partial charge in [0.25, 0.3) is 0 Å². The van der Waals surface area contributed by atoms with Gasteiger partial charge in [0.05, 0.1) is 5.69 Å². The first-order valence-corrected chi connectivity index (χ1v) is 9.25. The Morgan fingerprint density at radius 2 is 1.74 bits per heavy atom. The van der Waals surface area contributed by atoms with Crippen molar-refractivity contribution in [1.82, 2.24) is 20.4 Å². The molecule has 0 unspecified atom stereocenters. The zero-order chi connectivity index (χ0) is 21.4.